The number of nitrogens with one attached hydrogen (secondary N) is 1. The summed E-state index contributed by atoms with van der Waals surface area (Å²) < 4.78 is 23.2. The van der Waals surface area contributed by atoms with Gasteiger partial charge in [0.15, 0.2) is 9.84 Å². The van der Waals surface area contributed by atoms with Gasteiger partial charge in [0.05, 0.1) is 11.5 Å². The quantitative estimate of drug-likeness (QED) is 0.779. The number of hydrogen-bond acceptors (Lipinski definition) is 7. The third-order valence-electron chi connectivity index (χ3n) is 5.37. The van der Waals surface area contributed by atoms with Gasteiger partial charge in [0.1, 0.15) is 11.0 Å². The zero-order valence-corrected chi connectivity index (χ0v) is 17.9. The van der Waals surface area contributed by atoms with E-state index in [1.165, 1.54) is 11.3 Å². The van der Waals surface area contributed by atoms with E-state index >= 15 is 0 Å². The standard InChI is InChI=1S/C17H27N5O4S2/c1-3-12(2)15-19-20-16(27-15)18-14(23)13-6-4-5-7-22(13)17(24)21-8-10-28(25,26)11-9-21/h12-13H,3-11H2,1-2H3,(H,18,20,23)/t12?,13-/m0/s1. The normalized spacial score (nSPS) is 23.3. The number of sulfone groups is 1. The summed E-state index contributed by atoms with van der Waals surface area (Å²) in [6.07, 6.45) is 3.23. The molecule has 0 saturated carbocycles. The van der Waals surface area contributed by atoms with Crippen molar-refractivity contribution in [3.05, 3.63) is 5.01 Å². The molecule has 3 rings (SSSR count). The molecular weight excluding hydrogens is 402 g/mol. The number of anilines is 1. The monoisotopic (exact) mass is 429 g/mol. The molecule has 3 amide bonds. The van der Waals surface area contributed by atoms with Crippen molar-refractivity contribution in [3.8, 4) is 0 Å². The Morgan fingerprint density at radius 1 is 1.21 bits per heavy atom. The second kappa shape index (κ2) is 8.73. The van der Waals surface area contributed by atoms with Crippen LogP contribution >= 0.6 is 11.3 Å². The third-order valence-corrected chi connectivity index (χ3v) is 8.05. The van der Waals surface area contributed by atoms with Crippen LogP contribution in [0.25, 0.3) is 0 Å². The van der Waals surface area contributed by atoms with Crippen molar-refractivity contribution in [1.82, 2.24) is 20.0 Å². The smallest absolute Gasteiger partial charge is 0.320 e. The fourth-order valence-corrected chi connectivity index (χ4v) is 5.45. The van der Waals surface area contributed by atoms with Crippen molar-refractivity contribution >= 4 is 38.2 Å². The van der Waals surface area contributed by atoms with E-state index in [4.69, 9.17) is 0 Å². The Morgan fingerprint density at radius 3 is 2.61 bits per heavy atom. The van der Waals surface area contributed by atoms with E-state index in [2.05, 4.69) is 29.4 Å². The Balaban J connectivity index is 1.66. The second-order valence-corrected chi connectivity index (χ2v) is 10.7. The molecule has 0 bridgehead atoms. The molecule has 2 fully saturated rings. The van der Waals surface area contributed by atoms with Gasteiger partial charge in [-0.1, -0.05) is 25.2 Å². The number of carbonyl (C=O) groups excluding carboxylic acids is 2. The molecule has 2 atom stereocenters. The molecule has 2 aliphatic heterocycles. The predicted octanol–water partition coefficient (Wildman–Crippen LogP) is 1.69. The van der Waals surface area contributed by atoms with E-state index in [0.717, 1.165) is 24.3 Å². The maximum absolute atomic E-state index is 12.9. The Hall–Kier alpha value is -1.75. The van der Waals surface area contributed by atoms with Crippen LogP contribution in [0.2, 0.25) is 0 Å². The van der Waals surface area contributed by atoms with Crippen molar-refractivity contribution in [3.63, 3.8) is 0 Å². The van der Waals surface area contributed by atoms with Gasteiger partial charge in [-0.2, -0.15) is 0 Å². The number of aromatic nitrogens is 2. The molecule has 1 aromatic heterocycles. The largest absolute Gasteiger partial charge is 0.323 e. The lowest BCUT2D eigenvalue weighted by molar-refractivity contribution is -0.121. The predicted molar refractivity (Wildman–Crippen MR) is 107 cm³/mol. The molecule has 156 valence electrons. The number of hydrogen-bond donors (Lipinski definition) is 1. The van der Waals surface area contributed by atoms with E-state index in [0.29, 0.717) is 18.1 Å². The highest BCUT2D eigenvalue weighted by atomic mass is 32.2. The Morgan fingerprint density at radius 2 is 1.93 bits per heavy atom. The number of piperidine rings is 1. The lowest BCUT2D eigenvalue weighted by Gasteiger charge is -2.39. The van der Waals surface area contributed by atoms with Gasteiger partial charge in [0.25, 0.3) is 0 Å². The number of urea groups is 1. The van der Waals surface area contributed by atoms with Crippen molar-refractivity contribution < 1.29 is 18.0 Å². The van der Waals surface area contributed by atoms with Crippen LogP contribution in [0.5, 0.6) is 0 Å². The summed E-state index contributed by atoms with van der Waals surface area (Å²) in [7, 11) is -3.06. The molecule has 3 heterocycles. The molecular formula is C17H27N5O4S2. The van der Waals surface area contributed by atoms with Crippen LogP contribution in [0, 0.1) is 0 Å². The second-order valence-electron chi connectivity index (χ2n) is 7.37. The Labute approximate surface area is 169 Å². The molecule has 1 unspecified atom stereocenters. The van der Waals surface area contributed by atoms with Crippen molar-refractivity contribution in [1.29, 1.82) is 0 Å². The van der Waals surface area contributed by atoms with Gasteiger partial charge in [-0.3, -0.25) is 10.1 Å². The van der Waals surface area contributed by atoms with Crippen LogP contribution in [0.15, 0.2) is 0 Å². The lowest BCUT2D eigenvalue weighted by atomic mass is 10.0. The molecule has 0 aromatic carbocycles. The first kappa shape index (κ1) is 21.0. The molecule has 0 spiro atoms. The summed E-state index contributed by atoms with van der Waals surface area (Å²) in [4.78, 5) is 28.9. The van der Waals surface area contributed by atoms with E-state index in [1.54, 1.807) is 9.80 Å². The average Bonchev–Trinajstić information content (AvgIpc) is 3.15. The number of likely N-dealkylation sites (tertiary alicyclic amines) is 1. The van der Waals surface area contributed by atoms with E-state index in [-0.39, 0.29) is 42.5 Å². The van der Waals surface area contributed by atoms with Crippen LogP contribution in [0.4, 0.5) is 9.93 Å². The number of rotatable bonds is 4. The summed E-state index contributed by atoms with van der Waals surface area (Å²) in [5, 5.41) is 12.3. The first-order valence-corrected chi connectivity index (χ1v) is 12.3. The number of carbonyl (C=O) groups is 2. The first-order valence-electron chi connectivity index (χ1n) is 9.71. The fraction of sp³-hybridized carbons (Fsp3) is 0.765. The number of amides is 3. The zero-order chi connectivity index (χ0) is 20.3. The SMILES string of the molecule is CCC(C)c1nnc(NC(=O)[C@@H]2CCCCN2C(=O)N2CCS(=O)(=O)CC2)s1. The molecule has 2 saturated heterocycles. The van der Waals surface area contributed by atoms with Crippen molar-refractivity contribution in [2.45, 2.75) is 51.5 Å². The maximum atomic E-state index is 12.9. The fourth-order valence-electron chi connectivity index (χ4n) is 3.37. The minimum atomic E-state index is -3.06. The molecule has 9 nitrogen and oxygen atoms in total. The topological polar surface area (TPSA) is 113 Å². The van der Waals surface area contributed by atoms with Gasteiger partial charge in [0, 0.05) is 25.6 Å². The number of nitrogens with zero attached hydrogens (tertiary/aromatic N) is 4. The summed E-state index contributed by atoms with van der Waals surface area (Å²) in [5.74, 6) is -0.0185. The summed E-state index contributed by atoms with van der Waals surface area (Å²) in [5.41, 5.74) is 0. The molecule has 11 heteroatoms. The van der Waals surface area contributed by atoms with Crippen molar-refractivity contribution in [2.24, 2.45) is 0 Å². The average molecular weight is 430 g/mol. The summed E-state index contributed by atoms with van der Waals surface area (Å²) >= 11 is 1.36. The van der Waals surface area contributed by atoms with Crippen LogP contribution in [0.1, 0.15) is 50.5 Å². The molecule has 0 aliphatic carbocycles. The molecule has 28 heavy (non-hydrogen) atoms. The third kappa shape index (κ3) is 4.80. The molecule has 1 aromatic rings. The van der Waals surface area contributed by atoms with Crippen LogP contribution < -0.4 is 5.32 Å². The molecule has 2 aliphatic rings. The van der Waals surface area contributed by atoms with Gasteiger partial charge in [0.2, 0.25) is 11.0 Å². The highest BCUT2D eigenvalue weighted by Gasteiger charge is 2.36. The van der Waals surface area contributed by atoms with Gasteiger partial charge < -0.3 is 9.80 Å². The highest BCUT2D eigenvalue weighted by Crippen LogP contribution is 2.26. The van der Waals surface area contributed by atoms with E-state index < -0.39 is 15.9 Å². The molecule has 1 N–H and O–H groups in total. The van der Waals surface area contributed by atoms with Gasteiger partial charge in [-0.15, -0.1) is 10.2 Å². The van der Waals surface area contributed by atoms with Crippen LogP contribution in [0.3, 0.4) is 0 Å². The lowest BCUT2D eigenvalue weighted by Crippen LogP contribution is -2.56. The van der Waals surface area contributed by atoms with Gasteiger partial charge in [-0.05, 0) is 25.7 Å². The summed E-state index contributed by atoms with van der Waals surface area (Å²) in [6.45, 7) is 4.99. The first-order chi connectivity index (χ1) is 13.3. The van der Waals surface area contributed by atoms with Crippen LogP contribution in [-0.2, 0) is 14.6 Å². The van der Waals surface area contributed by atoms with Gasteiger partial charge >= 0.3 is 6.03 Å². The van der Waals surface area contributed by atoms with Gasteiger partial charge in [-0.25, -0.2) is 13.2 Å². The maximum Gasteiger partial charge on any atom is 0.320 e. The van der Waals surface area contributed by atoms with E-state index in [1.807, 2.05) is 0 Å². The Bertz CT molecular complexity index is 811. The highest BCUT2D eigenvalue weighted by molar-refractivity contribution is 7.91. The van der Waals surface area contributed by atoms with E-state index in [9.17, 15) is 18.0 Å². The zero-order valence-electron chi connectivity index (χ0n) is 16.3. The molecule has 0 radical (unpaired) electrons. The van der Waals surface area contributed by atoms with Crippen LogP contribution in [-0.4, -0.2) is 77.5 Å². The minimum absolute atomic E-state index is 0.0212. The minimum Gasteiger partial charge on any atom is -0.323 e. The van der Waals surface area contributed by atoms with Crippen molar-refractivity contribution in [2.75, 3.05) is 36.5 Å². The Kier molecular flexibility index (Phi) is 6.54. The summed E-state index contributed by atoms with van der Waals surface area (Å²) in [6, 6.07) is -0.831.